The van der Waals surface area contributed by atoms with Crippen LogP contribution in [0.2, 0.25) is 0 Å². The van der Waals surface area contributed by atoms with Gasteiger partial charge in [0.25, 0.3) is 0 Å². The van der Waals surface area contributed by atoms with Crippen LogP contribution < -0.4 is 10.6 Å². The molecular weight excluding hydrogens is 276 g/mol. The van der Waals surface area contributed by atoms with E-state index < -0.39 is 5.41 Å². The summed E-state index contributed by atoms with van der Waals surface area (Å²) in [5.41, 5.74) is -0.555. The van der Waals surface area contributed by atoms with E-state index >= 15 is 0 Å². The van der Waals surface area contributed by atoms with E-state index in [0.717, 1.165) is 12.8 Å². The molecule has 1 saturated heterocycles. The molecule has 1 aliphatic carbocycles. The molecule has 2 rings (SSSR count). The lowest BCUT2D eigenvalue weighted by Crippen LogP contribution is -2.45. The molecular formula is C18H32N2O2. The monoisotopic (exact) mass is 308 g/mol. The van der Waals surface area contributed by atoms with Gasteiger partial charge >= 0.3 is 0 Å². The van der Waals surface area contributed by atoms with E-state index in [1.54, 1.807) is 0 Å². The van der Waals surface area contributed by atoms with Gasteiger partial charge in [-0.3, -0.25) is 9.59 Å². The lowest BCUT2D eigenvalue weighted by atomic mass is 9.87. The molecule has 4 nitrogen and oxygen atoms in total. The van der Waals surface area contributed by atoms with Crippen molar-refractivity contribution in [3.8, 4) is 0 Å². The standard InChI is InChI=1S/C18H32N2O2/c1-18(13-16(21)19-14-18)17(22)20-15-11-9-7-5-3-2-4-6-8-10-12-15/h15H,2-14H2,1H3,(H,19,21)(H,20,22). The van der Waals surface area contributed by atoms with Crippen LogP contribution in [0.4, 0.5) is 0 Å². The van der Waals surface area contributed by atoms with Gasteiger partial charge in [0.15, 0.2) is 0 Å². The van der Waals surface area contributed by atoms with Gasteiger partial charge in [-0.1, -0.05) is 57.8 Å². The second-order valence-corrected chi connectivity index (χ2v) is 7.44. The van der Waals surface area contributed by atoms with Crippen molar-refractivity contribution >= 4 is 11.8 Å². The molecule has 2 fully saturated rings. The van der Waals surface area contributed by atoms with Crippen LogP contribution in [-0.4, -0.2) is 24.4 Å². The van der Waals surface area contributed by atoms with Gasteiger partial charge in [-0.2, -0.15) is 0 Å². The Balaban J connectivity index is 1.84. The fourth-order valence-corrected chi connectivity index (χ4v) is 3.60. The summed E-state index contributed by atoms with van der Waals surface area (Å²) in [4.78, 5) is 24.0. The molecule has 2 N–H and O–H groups in total. The zero-order valence-electron chi connectivity index (χ0n) is 14.1. The molecule has 22 heavy (non-hydrogen) atoms. The van der Waals surface area contributed by atoms with Gasteiger partial charge in [0.05, 0.1) is 5.41 Å². The van der Waals surface area contributed by atoms with E-state index in [0.29, 0.717) is 19.0 Å². The number of nitrogens with one attached hydrogen (secondary N) is 2. The number of carbonyl (C=O) groups excluding carboxylic acids is 2. The van der Waals surface area contributed by atoms with E-state index in [1.165, 1.54) is 57.8 Å². The molecule has 1 saturated carbocycles. The molecule has 1 aliphatic heterocycles. The van der Waals surface area contributed by atoms with Crippen molar-refractivity contribution in [2.45, 2.75) is 90.0 Å². The van der Waals surface area contributed by atoms with Crippen LogP contribution in [0.5, 0.6) is 0 Å². The highest BCUT2D eigenvalue weighted by Crippen LogP contribution is 2.26. The minimum absolute atomic E-state index is 0.00339. The number of carbonyl (C=O) groups is 2. The third-order valence-electron chi connectivity index (χ3n) is 5.22. The highest BCUT2D eigenvalue weighted by atomic mass is 16.2. The first-order chi connectivity index (χ1) is 10.6. The van der Waals surface area contributed by atoms with Crippen LogP contribution in [0.25, 0.3) is 0 Å². The van der Waals surface area contributed by atoms with Crippen molar-refractivity contribution < 1.29 is 9.59 Å². The molecule has 0 bridgehead atoms. The van der Waals surface area contributed by atoms with Gasteiger partial charge in [0, 0.05) is 19.0 Å². The van der Waals surface area contributed by atoms with Crippen LogP contribution in [0.3, 0.4) is 0 Å². The zero-order chi connectivity index (χ0) is 15.8. The summed E-state index contributed by atoms with van der Waals surface area (Å²) in [7, 11) is 0. The van der Waals surface area contributed by atoms with E-state index in [1.807, 2.05) is 6.92 Å². The molecule has 4 heteroatoms. The predicted molar refractivity (Wildman–Crippen MR) is 88.5 cm³/mol. The Hall–Kier alpha value is -1.06. The predicted octanol–water partition coefficient (Wildman–Crippen LogP) is 3.30. The van der Waals surface area contributed by atoms with Crippen molar-refractivity contribution in [1.82, 2.24) is 10.6 Å². The lowest BCUT2D eigenvalue weighted by molar-refractivity contribution is -0.131. The highest BCUT2D eigenvalue weighted by molar-refractivity contribution is 5.92. The van der Waals surface area contributed by atoms with Crippen molar-refractivity contribution in [3.05, 3.63) is 0 Å². The highest BCUT2D eigenvalue weighted by Gasteiger charge is 2.41. The Morgan fingerprint density at radius 3 is 1.95 bits per heavy atom. The first-order valence-electron chi connectivity index (χ1n) is 9.18. The van der Waals surface area contributed by atoms with Crippen LogP contribution in [0, 0.1) is 5.41 Å². The minimum atomic E-state index is -0.555. The van der Waals surface area contributed by atoms with Crippen molar-refractivity contribution in [2.75, 3.05) is 6.54 Å². The van der Waals surface area contributed by atoms with Crippen LogP contribution >= 0.6 is 0 Å². The average molecular weight is 308 g/mol. The largest absolute Gasteiger partial charge is 0.355 e. The fourth-order valence-electron chi connectivity index (χ4n) is 3.60. The van der Waals surface area contributed by atoms with E-state index in [-0.39, 0.29) is 11.8 Å². The van der Waals surface area contributed by atoms with Gasteiger partial charge in [-0.05, 0) is 19.8 Å². The summed E-state index contributed by atoms with van der Waals surface area (Å²) in [6.07, 6.45) is 14.3. The number of hydrogen-bond donors (Lipinski definition) is 2. The number of rotatable bonds is 2. The summed E-state index contributed by atoms with van der Waals surface area (Å²) in [5.74, 6) is 0.0549. The second kappa shape index (κ2) is 8.54. The first kappa shape index (κ1) is 17.3. The van der Waals surface area contributed by atoms with Gasteiger partial charge in [0.2, 0.25) is 11.8 Å². The second-order valence-electron chi connectivity index (χ2n) is 7.44. The molecule has 0 aromatic rings. The lowest BCUT2D eigenvalue weighted by Gasteiger charge is -2.26. The molecule has 126 valence electrons. The van der Waals surface area contributed by atoms with Crippen molar-refractivity contribution in [1.29, 1.82) is 0 Å². The van der Waals surface area contributed by atoms with Crippen molar-refractivity contribution in [3.63, 3.8) is 0 Å². The Morgan fingerprint density at radius 1 is 1.00 bits per heavy atom. The third-order valence-corrected chi connectivity index (χ3v) is 5.22. The minimum Gasteiger partial charge on any atom is -0.355 e. The molecule has 2 amide bonds. The van der Waals surface area contributed by atoms with Gasteiger partial charge < -0.3 is 10.6 Å². The molecule has 1 unspecified atom stereocenters. The Morgan fingerprint density at radius 2 is 1.50 bits per heavy atom. The normalized spacial score (nSPS) is 29.2. The molecule has 2 aliphatic rings. The Bertz CT molecular complexity index is 371. The summed E-state index contributed by atoms with van der Waals surface area (Å²) in [6, 6.07) is 0.291. The fraction of sp³-hybridized carbons (Fsp3) is 0.889. The quantitative estimate of drug-likeness (QED) is 0.822. The van der Waals surface area contributed by atoms with E-state index in [9.17, 15) is 9.59 Å². The number of amides is 2. The van der Waals surface area contributed by atoms with Gasteiger partial charge in [0.1, 0.15) is 0 Å². The smallest absolute Gasteiger partial charge is 0.228 e. The molecule has 1 atom stereocenters. The molecule has 0 aromatic heterocycles. The topological polar surface area (TPSA) is 58.2 Å². The Kier molecular flexibility index (Phi) is 6.71. The first-order valence-corrected chi connectivity index (χ1v) is 9.18. The van der Waals surface area contributed by atoms with Crippen LogP contribution in [0.1, 0.15) is 84.0 Å². The summed E-state index contributed by atoms with van der Waals surface area (Å²) in [5, 5.41) is 6.03. The molecule has 1 heterocycles. The maximum Gasteiger partial charge on any atom is 0.228 e. The van der Waals surface area contributed by atoms with E-state index in [2.05, 4.69) is 10.6 Å². The van der Waals surface area contributed by atoms with Crippen LogP contribution in [-0.2, 0) is 9.59 Å². The Labute approximate surface area is 134 Å². The third kappa shape index (κ3) is 5.29. The summed E-state index contributed by atoms with van der Waals surface area (Å²) in [6.45, 7) is 2.38. The molecule has 0 aromatic carbocycles. The SMILES string of the molecule is CC1(C(=O)NC2CCCCCCCCCCC2)CNC(=O)C1. The van der Waals surface area contributed by atoms with Crippen LogP contribution in [0.15, 0.2) is 0 Å². The number of hydrogen-bond acceptors (Lipinski definition) is 2. The zero-order valence-corrected chi connectivity index (χ0v) is 14.1. The average Bonchev–Trinajstić information content (AvgIpc) is 2.82. The van der Waals surface area contributed by atoms with Gasteiger partial charge in [-0.15, -0.1) is 0 Å². The maximum absolute atomic E-state index is 12.6. The van der Waals surface area contributed by atoms with E-state index in [4.69, 9.17) is 0 Å². The molecule has 0 radical (unpaired) electrons. The molecule has 0 spiro atoms. The summed E-state index contributed by atoms with van der Waals surface area (Å²) < 4.78 is 0. The van der Waals surface area contributed by atoms with Crippen molar-refractivity contribution in [2.24, 2.45) is 5.41 Å². The summed E-state index contributed by atoms with van der Waals surface area (Å²) >= 11 is 0. The van der Waals surface area contributed by atoms with Gasteiger partial charge in [-0.25, -0.2) is 0 Å². The maximum atomic E-state index is 12.6.